The highest BCUT2D eigenvalue weighted by Crippen LogP contribution is 2.32. The second-order valence-corrected chi connectivity index (χ2v) is 6.33. The maximum atomic E-state index is 12.3. The average Bonchev–Trinajstić information content (AvgIpc) is 3.06. The van der Waals surface area contributed by atoms with Gasteiger partial charge >= 0.3 is 0 Å². The predicted molar refractivity (Wildman–Crippen MR) is 93.9 cm³/mol. The zero-order valence-corrected chi connectivity index (χ0v) is 13.0. The summed E-state index contributed by atoms with van der Waals surface area (Å²) in [5, 5.41) is 0. The van der Waals surface area contributed by atoms with Crippen molar-refractivity contribution in [3.8, 4) is 0 Å². The van der Waals surface area contributed by atoms with E-state index in [0.717, 1.165) is 18.9 Å². The van der Waals surface area contributed by atoms with Crippen LogP contribution in [0.4, 0.5) is 0 Å². The predicted octanol–water partition coefficient (Wildman–Crippen LogP) is 5.65. The van der Waals surface area contributed by atoms with Crippen LogP contribution in [0.2, 0.25) is 0 Å². The minimum Gasteiger partial charge on any atom is -0.336 e. The van der Waals surface area contributed by atoms with Crippen molar-refractivity contribution in [1.82, 2.24) is 4.90 Å². The first-order valence-electron chi connectivity index (χ1n) is 11.0. The number of carbonyl (C=O) groups is 1. The molecule has 0 aromatic heterocycles. The first kappa shape index (κ1) is 11.4. The molecule has 1 aliphatic heterocycles. The smallest absolute Gasteiger partial charge is 0.223 e. The van der Waals surface area contributed by atoms with E-state index in [1.165, 1.54) is 24.8 Å². The fourth-order valence-corrected chi connectivity index (χ4v) is 3.43. The molecule has 0 aliphatic carbocycles. The third kappa shape index (κ3) is 3.62. The first-order chi connectivity index (χ1) is 12.6. The number of rotatable bonds is 6. The highest BCUT2D eigenvalue weighted by Gasteiger charge is 2.33. The Bertz CT molecular complexity index is 452. The Balaban J connectivity index is -0.000000329. The van der Waals surface area contributed by atoms with E-state index in [1.54, 1.807) is 0 Å². The Morgan fingerprint density at radius 2 is 2.05 bits per heavy atom. The summed E-state index contributed by atoms with van der Waals surface area (Å²) in [5.74, 6) is 1.62. The third-order valence-electron chi connectivity index (χ3n) is 4.51. The zero-order chi connectivity index (χ0) is 20.5. The van der Waals surface area contributed by atoms with Gasteiger partial charge in [0, 0.05) is 24.7 Å². The lowest BCUT2D eigenvalue weighted by atomic mass is 9.92. The van der Waals surface area contributed by atoms with Gasteiger partial charge in [0.2, 0.25) is 5.91 Å². The normalized spacial score (nSPS) is 23.2. The van der Waals surface area contributed by atoms with E-state index in [2.05, 4.69) is 37.8 Å². The summed E-state index contributed by atoms with van der Waals surface area (Å²) in [6.45, 7) is 7.63. The Hall–Kier alpha value is -1.31. The van der Waals surface area contributed by atoms with E-state index in [9.17, 15) is 4.79 Å². The minimum atomic E-state index is 0. The van der Waals surface area contributed by atoms with Crippen LogP contribution in [0.15, 0.2) is 30.3 Å². The van der Waals surface area contributed by atoms with Gasteiger partial charge in [-0.3, -0.25) is 4.79 Å². The fraction of sp³-hybridized carbons (Fsp3) is 0.611. The Kier molecular flexibility index (Phi) is 3.93. The summed E-state index contributed by atoms with van der Waals surface area (Å²) >= 11 is 0. The van der Waals surface area contributed by atoms with Crippen LogP contribution in [-0.2, 0) is 4.79 Å². The number of hydrogen-bond donors (Lipinski definition) is 0. The molecule has 3 atom stereocenters. The van der Waals surface area contributed by atoms with E-state index in [0.29, 0.717) is 11.8 Å². The monoisotopic (exact) mass is 291 g/mol. The van der Waals surface area contributed by atoms with Gasteiger partial charge in [-0.1, -0.05) is 57.0 Å². The van der Waals surface area contributed by atoms with Crippen molar-refractivity contribution < 1.29 is 16.6 Å². The van der Waals surface area contributed by atoms with Gasteiger partial charge in [0.1, 0.15) is 0 Å². The zero-order valence-electron chi connectivity index (χ0n) is 19.0. The van der Waals surface area contributed by atoms with E-state index in [4.69, 9.17) is 8.91 Å². The number of likely N-dealkylation sites (tertiary alicyclic amines) is 1. The molecule has 2 nitrogen and oxygen atoms in total. The first-order valence-corrected chi connectivity index (χ1v) is 7.96. The number of hydrogen-bond acceptors (Lipinski definition) is 1. The SMILES string of the molecule is CCCC(C)CC1CC(=O)N(C(C)c2ccccc2)C1.[2HH].[2HH].[2H][2H].[2H][2H].[2H][2H]. The summed E-state index contributed by atoms with van der Waals surface area (Å²) in [6.07, 6.45) is 4.45. The molecule has 1 aliphatic rings. The van der Waals surface area contributed by atoms with Crippen molar-refractivity contribution >= 4 is 5.91 Å². The average molecular weight is 292 g/mol. The fourth-order valence-electron chi connectivity index (χ4n) is 3.43. The van der Waals surface area contributed by atoms with Gasteiger partial charge in [-0.05, 0) is 30.7 Å². The lowest BCUT2D eigenvalue weighted by molar-refractivity contribution is -0.129. The van der Waals surface area contributed by atoms with Gasteiger partial charge in [0.05, 0.1) is 6.04 Å². The number of benzene rings is 1. The van der Waals surface area contributed by atoms with Crippen molar-refractivity contribution in [3.05, 3.63) is 35.9 Å². The second-order valence-electron chi connectivity index (χ2n) is 6.33. The van der Waals surface area contributed by atoms with E-state index in [-0.39, 0.29) is 8.90 Å². The van der Waals surface area contributed by atoms with E-state index < -0.39 is 0 Å². The molecule has 2 heteroatoms. The van der Waals surface area contributed by atoms with Crippen molar-refractivity contribution in [3.63, 3.8) is 0 Å². The van der Waals surface area contributed by atoms with Gasteiger partial charge in [-0.15, -0.1) is 0 Å². The molecule has 1 amide bonds. The molecule has 0 saturated carbocycles. The van der Waals surface area contributed by atoms with Crippen molar-refractivity contribution in [1.29, 1.82) is 0 Å². The Labute approximate surface area is 135 Å². The summed E-state index contributed by atoms with van der Waals surface area (Å²) < 4.78 is 30.0. The largest absolute Gasteiger partial charge is 0.336 e. The number of carbonyl (C=O) groups excluding carboxylic acids is 1. The van der Waals surface area contributed by atoms with Gasteiger partial charge in [-0.2, -0.15) is 0 Å². The molecule has 1 aromatic rings. The maximum absolute atomic E-state index is 12.3. The molecule has 0 radical (unpaired) electrons. The van der Waals surface area contributed by atoms with Crippen LogP contribution in [0.3, 0.4) is 0 Å². The van der Waals surface area contributed by atoms with Crippen LogP contribution in [0.5, 0.6) is 0 Å². The minimum absolute atomic E-state index is 0. The Morgan fingerprint density at radius 1 is 1.35 bits per heavy atom. The van der Waals surface area contributed by atoms with Gasteiger partial charge in [0.25, 0.3) is 0 Å². The highest BCUT2D eigenvalue weighted by atomic mass is 16.2. The van der Waals surface area contributed by atoms with Gasteiger partial charge in [-0.25, -0.2) is 0 Å². The van der Waals surface area contributed by atoms with Crippen molar-refractivity contribution in [2.45, 2.75) is 52.5 Å². The van der Waals surface area contributed by atoms with E-state index >= 15 is 0 Å². The summed E-state index contributed by atoms with van der Waals surface area (Å²) in [4.78, 5) is 14.3. The highest BCUT2D eigenvalue weighted by molar-refractivity contribution is 5.79. The van der Waals surface area contributed by atoms with Crippen LogP contribution in [0.1, 0.15) is 69.8 Å². The van der Waals surface area contributed by atoms with Crippen LogP contribution >= 0.6 is 0 Å². The number of amides is 1. The third-order valence-corrected chi connectivity index (χ3v) is 4.51. The summed E-state index contributed by atoms with van der Waals surface area (Å²) in [6, 6.07) is 10.6. The van der Waals surface area contributed by atoms with Crippen molar-refractivity contribution in [2.75, 3.05) is 6.54 Å². The van der Waals surface area contributed by atoms with Crippen molar-refractivity contribution in [2.24, 2.45) is 11.8 Å². The second kappa shape index (κ2) is 6.92. The Morgan fingerprint density at radius 3 is 2.70 bits per heavy atom. The lowest BCUT2D eigenvalue weighted by Gasteiger charge is -2.25. The standard InChI is InChI=1S/C18H27NO.5H2/c1-4-8-14(2)11-16-12-18(20)19(13-16)15(3)17-9-6-5-7-10-17;;;;;/h5-7,9-10,14-16H,4,8,11-13H2,1-3H3;5*1H/i;3*1+1D;2*1+1. The van der Waals surface area contributed by atoms with Gasteiger partial charge in [0.15, 0.2) is 0 Å². The molecular weight excluding hydrogens is 246 g/mol. The molecule has 1 fully saturated rings. The molecule has 20 heavy (non-hydrogen) atoms. The molecule has 120 valence electrons. The quantitative estimate of drug-likeness (QED) is 0.663. The molecule has 2 rings (SSSR count). The molecule has 0 N–H and O–H groups in total. The molecule has 1 saturated heterocycles. The summed E-state index contributed by atoms with van der Waals surface area (Å²) in [5.41, 5.74) is 1.24. The molecular formula is C18H37NO. The van der Waals surface area contributed by atoms with Crippen LogP contribution in [-0.4, -0.2) is 17.4 Å². The topological polar surface area (TPSA) is 20.3 Å². The summed E-state index contributed by atoms with van der Waals surface area (Å²) in [7, 11) is 0. The molecule has 1 heterocycles. The van der Waals surface area contributed by atoms with E-state index in [1.807, 2.05) is 18.2 Å². The van der Waals surface area contributed by atoms with Gasteiger partial charge < -0.3 is 4.90 Å². The van der Waals surface area contributed by atoms with Crippen LogP contribution < -0.4 is 0 Å². The number of nitrogens with zero attached hydrogens (tertiary/aromatic N) is 1. The van der Waals surface area contributed by atoms with Crippen LogP contribution in [0, 0.1) is 11.8 Å². The molecule has 1 aromatic carbocycles. The van der Waals surface area contributed by atoms with Crippen LogP contribution in [0.25, 0.3) is 0 Å². The molecule has 3 unspecified atom stereocenters. The molecule has 0 spiro atoms. The lowest BCUT2D eigenvalue weighted by Crippen LogP contribution is -2.28. The maximum Gasteiger partial charge on any atom is 0.223 e. The molecule has 0 bridgehead atoms.